The number of carbonyl (C=O) groups is 1. The fraction of sp³-hybridized carbons (Fsp3) is 0.462. The number of amides is 1. The standard InChI is InChI=1S/C13H18BrNO/c1-9-4-5-12(6-10(9)2)7-13(16)15-8-11(3)14/h4-6,11H,7-8H2,1-3H3,(H,15,16). The highest BCUT2D eigenvalue weighted by Gasteiger charge is 2.05. The zero-order valence-corrected chi connectivity index (χ0v) is 11.6. The molecule has 0 spiro atoms. The molecule has 3 heteroatoms. The van der Waals surface area contributed by atoms with Crippen LogP contribution in [0, 0.1) is 13.8 Å². The summed E-state index contributed by atoms with van der Waals surface area (Å²) in [5, 5.41) is 2.88. The van der Waals surface area contributed by atoms with Gasteiger partial charge in [-0.1, -0.05) is 41.1 Å². The summed E-state index contributed by atoms with van der Waals surface area (Å²) in [5.41, 5.74) is 3.57. The van der Waals surface area contributed by atoms with Crippen molar-refractivity contribution in [2.75, 3.05) is 6.54 Å². The second-order valence-corrected chi connectivity index (χ2v) is 5.74. The van der Waals surface area contributed by atoms with E-state index in [1.165, 1.54) is 11.1 Å². The summed E-state index contributed by atoms with van der Waals surface area (Å²) >= 11 is 3.39. The van der Waals surface area contributed by atoms with E-state index in [0.29, 0.717) is 17.8 Å². The number of alkyl halides is 1. The first-order valence-electron chi connectivity index (χ1n) is 5.46. The van der Waals surface area contributed by atoms with Gasteiger partial charge < -0.3 is 5.32 Å². The smallest absolute Gasteiger partial charge is 0.224 e. The topological polar surface area (TPSA) is 29.1 Å². The molecular weight excluding hydrogens is 266 g/mol. The average Bonchev–Trinajstić information content (AvgIpc) is 2.21. The molecule has 0 aliphatic carbocycles. The molecule has 0 aromatic heterocycles. The normalized spacial score (nSPS) is 12.2. The minimum Gasteiger partial charge on any atom is -0.355 e. The molecule has 1 atom stereocenters. The van der Waals surface area contributed by atoms with Crippen molar-refractivity contribution in [2.45, 2.75) is 32.0 Å². The van der Waals surface area contributed by atoms with Gasteiger partial charge in [0.15, 0.2) is 0 Å². The highest BCUT2D eigenvalue weighted by molar-refractivity contribution is 9.09. The van der Waals surface area contributed by atoms with Crippen LogP contribution in [0.4, 0.5) is 0 Å². The average molecular weight is 284 g/mol. The summed E-state index contributed by atoms with van der Waals surface area (Å²) in [6, 6.07) is 6.15. The Labute approximate surface area is 106 Å². The SMILES string of the molecule is Cc1ccc(CC(=O)NCC(C)Br)cc1C. The van der Waals surface area contributed by atoms with Crippen LogP contribution in [0.3, 0.4) is 0 Å². The van der Waals surface area contributed by atoms with Gasteiger partial charge >= 0.3 is 0 Å². The molecule has 0 aliphatic rings. The molecule has 0 radical (unpaired) electrons. The monoisotopic (exact) mass is 283 g/mol. The third-order valence-electron chi connectivity index (χ3n) is 2.52. The molecule has 0 bridgehead atoms. The van der Waals surface area contributed by atoms with Crippen molar-refractivity contribution in [3.63, 3.8) is 0 Å². The van der Waals surface area contributed by atoms with Crippen LogP contribution in [-0.4, -0.2) is 17.3 Å². The van der Waals surface area contributed by atoms with Crippen LogP contribution < -0.4 is 5.32 Å². The third-order valence-corrected chi connectivity index (χ3v) is 2.84. The molecule has 1 rings (SSSR count). The number of hydrogen-bond acceptors (Lipinski definition) is 1. The summed E-state index contributed by atoms with van der Waals surface area (Å²) in [6.07, 6.45) is 0.459. The number of aryl methyl sites for hydroxylation is 2. The van der Waals surface area contributed by atoms with Gasteiger partial charge in [0.05, 0.1) is 6.42 Å². The first kappa shape index (κ1) is 13.2. The zero-order valence-electron chi connectivity index (χ0n) is 10.0. The first-order valence-corrected chi connectivity index (χ1v) is 6.37. The van der Waals surface area contributed by atoms with Crippen LogP contribution in [0.2, 0.25) is 0 Å². The van der Waals surface area contributed by atoms with Crippen molar-refractivity contribution >= 4 is 21.8 Å². The van der Waals surface area contributed by atoms with Gasteiger partial charge in [-0.2, -0.15) is 0 Å². The molecule has 1 N–H and O–H groups in total. The fourth-order valence-corrected chi connectivity index (χ4v) is 1.58. The minimum absolute atomic E-state index is 0.0783. The Morgan fingerprint density at radius 1 is 1.38 bits per heavy atom. The van der Waals surface area contributed by atoms with Crippen molar-refractivity contribution < 1.29 is 4.79 Å². The number of benzene rings is 1. The van der Waals surface area contributed by atoms with Crippen LogP contribution in [-0.2, 0) is 11.2 Å². The molecule has 1 aromatic rings. The maximum atomic E-state index is 11.6. The van der Waals surface area contributed by atoms with E-state index in [0.717, 1.165) is 5.56 Å². The van der Waals surface area contributed by atoms with Gasteiger partial charge in [0.2, 0.25) is 5.91 Å². The van der Waals surface area contributed by atoms with Crippen LogP contribution >= 0.6 is 15.9 Å². The van der Waals surface area contributed by atoms with Crippen LogP contribution in [0.25, 0.3) is 0 Å². The molecule has 0 saturated carbocycles. The second kappa shape index (κ2) is 6.04. The Bertz CT molecular complexity index is 374. The van der Waals surface area contributed by atoms with E-state index in [1.54, 1.807) is 0 Å². The molecule has 1 amide bonds. The Kier molecular flexibility index (Phi) is 5.00. The van der Waals surface area contributed by atoms with Crippen molar-refractivity contribution in [2.24, 2.45) is 0 Å². The maximum absolute atomic E-state index is 11.6. The lowest BCUT2D eigenvalue weighted by molar-refractivity contribution is -0.120. The Morgan fingerprint density at radius 3 is 2.62 bits per heavy atom. The van der Waals surface area contributed by atoms with Crippen LogP contribution in [0.5, 0.6) is 0 Å². The van der Waals surface area contributed by atoms with E-state index in [4.69, 9.17) is 0 Å². The Hall–Kier alpha value is -0.830. The molecule has 0 aliphatic heterocycles. The van der Waals surface area contributed by atoms with E-state index >= 15 is 0 Å². The number of carbonyl (C=O) groups excluding carboxylic acids is 1. The summed E-state index contributed by atoms with van der Waals surface area (Å²) in [6.45, 7) is 6.82. The van der Waals surface area contributed by atoms with Crippen LogP contribution in [0.1, 0.15) is 23.6 Å². The molecule has 1 aromatic carbocycles. The van der Waals surface area contributed by atoms with E-state index in [-0.39, 0.29) is 5.91 Å². The number of nitrogens with one attached hydrogen (secondary N) is 1. The van der Waals surface area contributed by atoms with Gasteiger partial charge in [-0.05, 0) is 30.5 Å². The zero-order chi connectivity index (χ0) is 12.1. The van der Waals surface area contributed by atoms with Gasteiger partial charge in [-0.25, -0.2) is 0 Å². The van der Waals surface area contributed by atoms with Gasteiger partial charge in [0, 0.05) is 11.4 Å². The van der Waals surface area contributed by atoms with Gasteiger partial charge in [0.25, 0.3) is 0 Å². The molecule has 2 nitrogen and oxygen atoms in total. The van der Waals surface area contributed by atoms with E-state index < -0.39 is 0 Å². The minimum atomic E-state index is 0.0783. The van der Waals surface area contributed by atoms with Crippen molar-refractivity contribution in [1.82, 2.24) is 5.32 Å². The molecule has 16 heavy (non-hydrogen) atoms. The van der Waals surface area contributed by atoms with E-state index in [1.807, 2.05) is 13.0 Å². The van der Waals surface area contributed by atoms with Gasteiger partial charge in [-0.3, -0.25) is 4.79 Å². The van der Waals surface area contributed by atoms with Crippen molar-refractivity contribution in [1.29, 1.82) is 0 Å². The predicted molar refractivity (Wildman–Crippen MR) is 71.0 cm³/mol. The summed E-state index contributed by atoms with van der Waals surface area (Å²) in [4.78, 5) is 11.9. The van der Waals surface area contributed by atoms with E-state index in [9.17, 15) is 4.79 Å². The maximum Gasteiger partial charge on any atom is 0.224 e. The number of halogens is 1. The first-order chi connectivity index (χ1) is 7.49. The summed E-state index contributed by atoms with van der Waals surface area (Å²) in [7, 11) is 0. The Morgan fingerprint density at radius 2 is 2.06 bits per heavy atom. The lowest BCUT2D eigenvalue weighted by Gasteiger charge is -2.08. The number of hydrogen-bond donors (Lipinski definition) is 1. The molecule has 1 unspecified atom stereocenters. The highest BCUT2D eigenvalue weighted by Crippen LogP contribution is 2.10. The lowest BCUT2D eigenvalue weighted by atomic mass is 10.0. The quantitative estimate of drug-likeness (QED) is 0.846. The third kappa shape index (κ3) is 4.35. The number of rotatable bonds is 4. The Balaban J connectivity index is 2.53. The second-order valence-electron chi connectivity index (χ2n) is 4.18. The highest BCUT2D eigenvalue weighted by atomic mass is 79.9. The van der Waals surface area contributed by atoms with Crippen molar-refractivity contribution in [3.8, 4) is 0 Å². The lowest BCUT2D eigenvalue weighted by Crippen LogP contribution is -2.29. The summed E-state index contributed by atoms with van der Waals surface area (Å²) < 4.78 is 0. The van der Waals surface area contributed by atoms with Gasteiger partial charge in [-0.15, -0.1) is 0 Å². The molecule has 0 saturated heterocycles. The van der Waals surface area contributed by atoms with E-state index in [2.05, 4.69) is 47.2 Å². The predicted octanol–water partition coefficient (Wildman–Crippen LogP) is 2.75. The van der Waals surface area contributed by atoms with Crippen molar-refractivity contribution in [3.05, 3.63) is 34.9 Å². The molecule has 0 fully saturated rings. The fourth-order valence-electron chi connectivity index (χ4n) is 1.42. The molecule has 88 valence electrons. The van der Waals surface area contributed by atoms with Gasteiger partial charge in [0.1, 0.15) is 0 Å². The largest absolute Gasteiger partial charge is 0.355 e. The van der Waals surface area contributed by atoms with Crippen LogP contribution in [0.15, 0.2) is 18.2 Å². The molecule has 0 heterocycles. The summed E-state index contributed by atoms with van der Waals surface area (Å²) in [5.74, 6) is 0.0783. The molecular formula is C13H18BrNO.